The minimum absolute atomic E-state index is 0.180. The Kier molecular flexibility index (Phi) is 4.76. The first-order valence-electron chi connectivity index (χ1n) is 6.83. The summed E-state index contributed by atoms with van der Waals surface area (Å²) in [7, 11) is 0. The average Bonchev–Trinajstić information content (AvgIpc) is 2.84. The number of benzene rings is 2. The highest BCUT2D eigenvalue weighted by Gasteiger charge is 2.24. The van der Waals surface area contributed by atoms with Crippen LogP contribution < -0.4 is 5.32 Å². The zero-order valence-electron chi connectivity index (χ0n) is 12.1. The molecule has 1 heterocycles. The van der Waals surface area contributed by atoms with E-state index in [1.54, 1.807) is 18.2 Å². The van der Waals surface area contributed by atoms with Crippen molar-refractivity contribution in [2.75, 3.05) is 0 Å². The van der Waals surface area contributed by atoms with Crippen molar-refractivity contribution < 1.29 is 4.79 Å². The number of carbonyl (C=O) groups is 1. The summed E-state index contributed by atoms with van der Waals surface area (Å²) in [6.07, 6.45) is 1.76. The number of rotatable bonds is 2. The SMILES string of the molecule is Cc1cc(Cl)ccc1N=C1NC(=O)/C(=C/c2ccccc2Cl)S1. The van der Waals surface area contributed by atoms with Crippen LogP contribution in [0.2, 0.25) is 10.0 Å². The number of nitrogens with one attached hydrogen (secondary N) is 1. The monoisotopic (exact) mass is 362 g/mol. The lowest BCUT2D eigenvalue weighted by atomic mass is 10.2. The van der Waals surface area contributed by atoms with E-state index in [1.165, 1.54) is 11.8 Å². The molecule has 0 spiro atoms. The molecule has 2 aromatic rings. The minimum atomic E-state index is -0.180. The zero-order valence-corrected chi connectivity index (χ0v) is 14.5. The predicted molar refractivity (Wildman–Crippen MR) is 98.4 cm³/mol. The topological polar surface area (TPSA) is 41.5 Å². The summed E-state index contributed by atoms with van der Waals surface area (Å²) < 4.78 is 0. The van der Waals surface area contributed by atoms with Gasteiger partial charge in [0.25, 0.3) is 5.91 Å². The smallest absolute Gasteiger partial charge is 0.264 e. The fourth-order valence-corrected chi connectivity index (χ4v) is 3.31. The molecule has 6 heteroatoms. The quantitative estimate of drug-likeness (QED) is 0.746. The summed E-state index contributed by atoms with van der Waals surface area (Å²) in [6.45, 7) is 1.92. The second-order valence-electron chi connectivity index (χ2n) is 4.93. The Morgan fingerprint density at radius 3 is 2.70 bits per heavy atom. The number of aliphatic imine (C=N–C) groups is 1. The van der Waals surface area contributed by atoms with E-state index in [4.69, 9.17) is 23.2 Å². The maximum atomic E-state index is 12.1. The maximum Gasteiger partial charge on any atom is 0.264 e. The lowest BCUT2D eigenvalue weighted by Gasteiger charge is -2.01. The Bertz CT molecular complexity index is 846. The number of carbonyl (C=O) groups excluding carboxylic acids is 1. The van der Waals surface area contributed by atoms with Crippen LogP contribution >= 0.6 is 35.0 Å². The molecule has 0 radical (unpaired) electrons. The Morgan fingerprint density at radius 2 is 1.96 bits per heavy atom. The molecule has 0 unspecified atom stereocenters. The van der Waals surface area contributed by atoms with E-state index < -0.39 is 0 Å². The largest absolute Gasteiger partial charge is 0.300 e. The molecule has 3 rings (SSSR count). The van der Waals surface area contributed by atoms with Crippen LogP contribution in [-0.2, 0) is 4.79 Å². The molecule has 1 aliphatic heterocycles. The highest BCUT2D eigenvalue weighted by Crippen LogP contribution is 2.31. The standard InChI is InChI=1S/C17H12Cl2N2OS/c1-10-8-12(18)6-7-14(10)20-17-21-16(22)15(23-17)9-11-4-2-3-5-13(11)19/h2-9H,1H3,(H,20,21,22)/b15-9-. The Hall–Kier alpha value is -1.75. The van der Waals surface area contributed by atoms with Gasteiger partial charge in [-0.3, -0.25) is 4.79 Å². The van der Waals surface area contributed by atoms with Crippen LogP contribution in [0.25, 0.3) is 6.08 Å². The molecule has 1 saturated heterocycles. The molecule has 1 N–H and O–H groups in total. The number of nitrogens with zero attached hydrogens (tertiary/aromatic N) is 1. The molecule has 116 valence electrons. The van der Waals surface area contributed by atoms with Gasteiger partial charge in [0.05, 0.1) is 10.6 Å². The first-order chi connectivity index (χ1) is 11.0. The van der Waals surface area contributed by atoms with Crippen molar-refractivity contribution in [1.29, 1.82) is 0 Å². The molecular weight excluding hydrogens is 351 g/mol. The molecule has 1 fully saturated rings. The van der Waals surface area contributed by atoms with Crippen LogP contribution in [0.5, 0.6) is 0 Å². The molecular formula is C17H12Cl2N2OS. The number of hydrogen-bond acceptors (Lipinski definition) is 3. The van der Waals surface area contributed by atoms with Crippen molar-refractivity contribution in [2.45, 2.75) is 6.92 Å². The van der Waals surface area contributed by atoms with Gasteiger partial charge in [-0.05, 0) is 60.2 Å². The second kappa shape index (κ2) is 6.79. The van der Waals surface area contributed by atoms with Crippen LogP contribution in [0.15, 0.2) is 52.4 Å². The summed E-state index contributed by atoms with van der Waals surface area (Å²) in [4.78, 5) is 17.1. The van der Waals surface area contributed by atoms with Crippen LogP contribution in [-0.4, -0.2) is 11.1 Å². The third-order valence-corrected chi connectivity index (χ3v) is 4.71. The fraction of sp³-hybridized carbons (Fsp3) is 0.0588. The highest BCUT2D eigenvalue weighted by atomic mass is 35.5. The van der Waals surface area contributed by atoms with Gasteiger partial charge < -0.3 is 5.32 Å². The Morgan fingerprint density at radius 1 is 1.17 bits per heavy atom. The molecule has 0 atom stereocenters. The zero-order chi connectivity index (χ0) is 16.4. The molecule has 2 aromatic carbocycles. The minimum Gasteiger partial charge on any atom is -0.300 e. The highest BCUT2D eigenvalue weighted by molar-refractivity contribution is 8.18. The van der Waals surface area contributed by atoms with Crippen molar-refractivity contribution in [3.05, 3.63) is 68.5 Å². The van der Waals surface area contributed by atoms with Gasteiger partial charge in [-0.15, -0.1) is 0 Å². The number of hydrogen-bond donors (Lipinski definition) is 1. The number of thioether (sulfide) groups is 1. The molecule has 1 amide bonds. The van der Waals surface area contributed by atoms with Gasteiger partial charge in [0.2, 0.25) is 0 Å². The summed E-state index contributed by atoms with van der Waals surface area (Å²) in [6, 6.07) is 12.8. The van der Waals surface area contributed by atoms with Crippen molar-refractivity contribution in [2.24, 2.45) is 4.99 Å². The predicted octanol–water partition coefficient (Wildman–Crippen LogP) is 5.19. The van der Waals surface area contributed by atoms with Gasteiger partial charge in [-0.1, -0.05) is 41.4 Å². The Balaban J connectivity index is 1.88. The summed E-state index contributed by atoms with van der Waals surface area (Å²) in [5.41, 5.74) is 2.52. The second-order valence-corrected chi connectivity index (χ2v) is 6.81. The van der Waals surface area contributed by atoms with E-state index >= 15 is 0 Å². The summed E-state index contributed by atoms with van der Waals surface area (Å²) in [5.74, 6) is -0.180. The van der Waals surface area contributed by atoms with Crippen LogP contribution in [0.4, 0.5) is 5.69 Å². The van der Waals surface area contributed by atoms with Crippen molar-refractivity contribution in [1.82, 2.24) is 5.32 Å². The van der Waals surface area contributed by atoms with Gasteiger partial charge in [-0.2, -0.15) is 0 Å². The van der Waals surface area contributed by atoms with Crippen LogP contribution in [0.3, 0.4) is 0 Å². The van der Waals surface area contributed by atoms with Crippen molar-refractivity contribution in [3.63, 3.8) is 0 Å². The number of amides is 1. The number of amidine groups is 1. The van der Waals surface area contributed by atoms with E-state index in [2.05, 4.69) is 10.3 Å². The summed E-state index contributed by atoms with van der Waals surface area (Å²) >= 11 is 13.4. The van der Waals surface area contributed by atoms with Crippen molar-refractivity contribution >= 4 is 57.8 Å². The van der Waals surface area contributed by atoms with Gasteiger partial charge >= 0.3 is 0 Å². The maximum absolute atomic E-state index is 12.1. The summed E-state index contributed by atoms with van der Waals surface area (Å²) in [5, 5.41) is 4.57. The van der Waals surface area contributed by atoms with Gasteiger partial charge in [0.1, 0.15) is 0 Å². The van der Waals surface area contributed by atoms with Crippen LogP contribution in [0, 0.1) is 6.92 Å². The van der Waals surface area contributed by atoms with Gasteiger partial charge in [0, 0.05) is 10.0 Å². The third-order valence-electron chi connectivity index (χ3n) is 3.22. The Labute approximate surface area is 148 Å². The van der Waals surface area contributed by atoms with Gasteiger partial charge in [-0.25, -0.2) is 4.99 Å². The van der Waals surface area contributed by atoms with E-state index in [-0.39, 0.29) is 5.91 Å². The van der Waals surface area contributed by atoms with E-state index in [0.29, 0.717) is 20.1 Å². The molecule has 1 aliphatic rings. The lowest BCUT2D eigenvalue weighted by molar-refractivity contribution is -0.115. The molecule has 0 aromatic heterocycles. The molecule has 0 bridgehead atoms. The lowest BCUT2D eigenvalue weighted by Crippen LogP contribution is -2.19. The molecule has 0 saturated carbocycles. The third kappa shape index (κ3) is 3.78. The van der Waals surface area contributed by atoms with E-state index in [9.17, 15) is 4.79 Å². The normalized spacial score (nSPS) is 17.8. The molecule has 23 heavy (non-hydrogen) atoms. The van der Waals surface area contributed by atoms with Crippen molar-refractivity contribution in [3.8, 4) is 0 Å². The van der Waals surface area contributed by atoms with E-state index in [1.807, 2.05) is 37.3 Å². The first kappa shape index (κ1) is 16.1. The fourth-order valence-electron chi connectivity index (χ4n) is 2.07. The van der Waals surface area contributed by atoms with Crippen LogP contribution in [0.1, 0.15) is 11.1 Å². The molecule has 0 aliphatic carbocycles. The average molecular weight is 363 g/mol. The number of aryl methyl sites for hydroxylation is 1. The number of halogens is 2. The first-order valence-corrected chi connectivity index (χ1v) is 8.40. The van der Waals surface area contributed by atoms with E-state index in [0.717, 1.165) is 16.8 Å². The van der Waals surface area contributed by atoms with Gasteiger partial charge in [0.15, 0.2) is 5.17 Å². The molecule has 3 nitrogen and oxygen atoms in total.